The van der Waals surface area contributed by atoms with Gasteiger partial charge in [-0.3, -0.25) is 0 Å². The predicted octanol–water partition coefficient (Wildman–Crippen LogP) is 2.86. The van der Waals surface area contributed by atoms with Crippen molar-refractivity contribution in [2.45, 2.75) is 20.8 Å². The van der Waals surface area contributed by atoms with Crippen LogP contribution in [0.15, 0.2) is 24.3 Å². The van der Waals surface area contributed by atoms with Crippen molar-refractivity contribution in [3.8, 4) is 11.3 Å². The molecule has 1 heterocycles. The first-order valence-corrected chi connectivity index (χ1v) is 6.03. The minimum atomic E-state index is -0.518. The van der Waals surface area contributed by atoms with Gasteiger partial charge in [-0.1, -0.05) is 17.7 Å². The molecule has 0 aliphatic carbocycles. The smallest absolute Gasteiger partial charge is 0.376 e. The highest BCUT2D eigenvalue weighted by atomic mass is 16.5. The van der Waals surface area contributed by atoms with E-state index in [0.29, 0.717) is 0 Å². The largest absolute Gasteiger partial charge is 0.463 e. The Labute approximate surface area is 112 Å². The van der Waals surface area contributed by atoms with Crippen LogP contribution in [0, 0.1) is 20.8 Å². The van der Waals surface area contributed by atoms with Crippen LogP contribution in [-0.4, -0.2) is 23.0 Å². The fourth-order valence-electron chi connectivity index (χ4n) is 1.90. The average Bonchev–Trinajstić information content (AvgIpc) is 2.39. The number of esters is 1. The zero-order chi connectivity index (χ0) is 14.0. The van der Waals surface area contributed by atoms with Crippen molar-refractivity contribution in [1.82, 2.24) is 9.97 Å². The number of aryl methyl sites for hydroxylation is 3. The standard InChI is InChI=1S/C15H16N2O2/c1-9-5-6-10(2)12(7-9)13-8-11(3)16-14(17-13)15(18)19-4/h5-8H,1-4H3. The van der Waals surface area contributed by atoms with Gasteiger partial charge < -0.3 is 4.74 Å². The van der Waals surface area contributed by atoms with Gasteiger partial charge in [-0.05, 0) is 38.5 Å². The molecule has 98 valence electrons. The molecule has 0 bridgehead atoms. The minimum Gasteiger partial charge on any atom is -0.463 e. The molecule has 0 N–H and O–H groups in total. The molecule has 0 atom stereocenters. The van der Waals surface area contributed by atoms with Crippen molar-refractivity contribution in [2.24, 2.45) is 0 Å². The highest BCUT2D eigenvalue weighted by molar-refractivity contribution is 5.85. The van der Waals surface area contributed by atoms with Crippen LogP contribution in [0.5, 0.6) is 0 Å². The molecule has 0 amide bonds. The van der Waals surface area contributed by atoms with E-state index in [0.717, 1.165) is 28.1 Å². The Bertz CT molecular complexity index is 636. The highest BCUT2D eigenvalue weighted by Crippen LogP contribution is 2.23. The number of methoxy groups -OCH3 is 1. The maximum absolute atomic E-state index is 11.6. The van der Waals surface area contributed by atoms with Crippen molar-refractivity contribution >= 4 is 5.97 Å². The lowest BCUT2D eigenvalue weighted by molar-refractivity contribution is 0.0586. The zero-order valence-corrected chi connectivity index (χ0v) is 11.5. The summed E-state index contributed by atoms with van der Waals surface area (Å²) in [4.78, 5) is 19.9. The SMILES string of the molecule is COC(=O)c1nc(C)cc(-c2cc(C)ccc2C)n1. The molecule has 2 aromatic rings. The Balaban J connectivity index is 2.59. The van der Waals surface area contributed by atoms with Crippen LogP contribution >= 0.6 is 0 Å². The third-order valence-electron chi connectivity index (χ3n) is 2.89. The Morgan fingerprint density at radius 3 is 2.53 bits per heavy atom. The molecule has 19 heavy (non-hydrogen) atoms. The van der Waals surface area contributed by atoms with Gasteiger partial charge in [0.25, 0.3) is 0 Å². The maximum atomic E-state index is 11.6. The van der Waals surface area contributed by atoms with Gasteiger partial charge in [0.1, 0.15) is 0 Å². The van der Waals surface area contributed by atoms with E-state index in [9.17, 15) is 4.79 Å². The van der Waals surface area contributed by atoms with E-state index in [-0.39, 0.29) is 5.82 Å². The number of hydrogen-bond acceptors (Lipinski definition) is 4. The number of hydrogen-bond donors (Lipinski definition) is 0. The first kappa shape index (κ1) is 13.2. The number of aromatic nitrogens is 2. The van der Waals surface area contributed by atoms with E-state index < -0.39 is 5.97 Å². The molecule has 0 aliphatic heterocycles. The summed E-state index contributed by atoms with van der Waals surface area (Å²) in [5.74, 6) is -0.423. The van der Waals surface area contributed by atoms with Crippen molar-refractivity contribution in [2.75, 3.05) is 7.11 Å². The molecule has 0 aliphatic rings. The van der Waals surface area contributed by atoms with Crippen LogP contribution in [-0.2, 0) is 4.74 Å². The quantitative estimate of drug-likeness (QED) is 0.775. The molecule has 2 rings (SSSR count). The van der Waals surface area contributed by atoms with Gasteiger partial charge in [0.05, 0.1) is 12.8 Å². The van der Waals surface area contributed by atoms with Crippen molar-refractivity contribution < 1.29 is 9.53 Å². The van der Waals surface area contributed by atoms with E-state index in [1.54, 1.807) is 0 Å². The number of carbonyl (C=O) groups is 1. The van der Waals surface area contributed by atoms with Gasteiger partial charge in [0, 0.05) is 11.3 Å². The summed E-state index contributed by atoms with van der Waals surface area (Å²) in [6, 6.07) is 8.01. The molecular formula is C15H16N2O2. The normalized spacial score (nSPS) is 10.3. The van der Waals surface area contributed by atoms with Crippen LogP contribution < -0.4 is 0 Å². The molecule has 0 radical (unpaired) electrons. The molecule has 1 aromatic carbocycles. The molecule has 4 nitrogen and oxygen atoms in total. The van der Waals surface area contributed by atoms with Gasteiger partial charge in [-0.25, -0.2) is 14.8 Å². The van der Waals surface area contributed by atoms with Crippen molar-refractivity contribution in [1.29, 1.82) is 0 Å². The first-order chi connectivity index (χ1) is 9.01. The maximum Gasteiger partial charge on any atom is 0.376 e. The summed E-state index contributed by atoms with van der Waals surface area (Å²) in [7, 11) is 1.33. The van der Waals surface area contributed by atoms with Crippen LogP contribution in [0.25, 0.3) is 11.3 Å². The third-order valence-corrected chi connectivity index (χ3v) is 2.89. The zero-order valence-electron chi connectivity index (χ0n) is 11.5. The van der Waals surface area contributed by atoms with Gasteiger partial charge in [0.2, 0.25) is 5.82 Å². The second kappa shape index (κ2) is 5.18. The lowest BCUT2D eigenvalue weighted by Crippen LogP contribution is -2.09. The Hall–Kier alpha value is -2.23. The molecule has 0 fully saturated rings. The number of carbonyl (C=O) groups excluding carboxylic acids is 1. The molecule has 1 aromatic heterocycles. The topological polar surface area (TPSA) is 52.1 Å². The lowest BCUT2D eigenvalue weighted by atomic mass is 10.0. The Kier molecular flexibility index (Phi) is 3.60. The summed E-state index contributed by atoms with van der Waals surface area (Å²) >= 11 is 0. The molecular weight excluding hydrogens is 240 g/mol. The van der Waals surface area contributed by atoms with Crippen LogP contribution in [0.2, 0.25) is 0 Å². The van der Waals surface area contributed by atoms with Crippen LogP contribution in [0.3, 0.4) is 0 Å². The summed E-state index contributed by atoms with van der Waals surface area (Å²) < 4.78 is 4.67. The highest BCUT2D eigenvalue weighted by Gasteiger charge is 2.13. The molecule has 0 saturated carbocycles. The first-order valence-electron chi connectivity index (χ1n) is 6.03. The number of rotatable bonds is 2. The summed E-state index contributed by atoms with van der Waals surface area (Å²) in [5, 5.41) is 0. The van der Waals surface area contributed by atoms with Crippen LogP contribution in [0.4, 0.5) is 0 Å². The number of benzene rings is 1. The van der Waals surface area contributed by atoms with E-state index in [2.05, 4.69) is 20.8 Å². The summed E-state index contributed by atoms with van der Waals surface area (Å²) in [6.45, 7) is 5.88. The van der Waals surface area contributed by atoms with Crippen molar-refractivity contribution in [3.63, 3.8) is 0 Å². The van der Waals surface area contributed by atoms with E-state index in [1.165, 1.54) is 7.11 Å². The fraction of sp³-hybridized carbons (Fsp3) is 0.267. The summed E-state index contributed by atoms with van der Waals surface area (Å²) in [5.41, 5.74) is 4.76. The van der Waals surface area contributed by atoms with Crippen molar-refractivity contribution in [3.05, 3.63) is 46.9 Å². The van der Waals surface area contributed by atoms with Gasteiger partial charge in [-0.2, -0.15) is 0 Å². The van der Waals surface area contributed by atoms with Gasteiger partial charge >= 0.3 is 5.97 Å². The second-order valence-electron chi connectivity index (χ2n) is 4.53. The van der Waals surface area contributed by atoms with Gasteiger partial charge in [-0.15, -0.1) is 0 Å². The minimum absolute atomic E-state index is 0.0957. The molecule has 4 heteroatoms. The van der Waals surface area contributed by atoms with E-state index in [4.69, 9.17) is 0 Å². The lowest BCUT2D eigenvalue weighted by Gasteiger charge is -2.08. The second-order valence-corrected chi connectivity index (χ2v) is 4.53. The van der Waals surface area contributed by atoms with E-state index >= 15 is 0 Å². The van der Waals surface area contributed by atoms with E-state index in [1.807, 2.05) is 39.0 Å². The molecule has 0 unspecified atom stereocenters. The number of ether oxygens (including phenoxy) is 1. The third kappa shape index (κ3) is 2.78. The van der Waals surface area contributed by atoms with Gasteiger partial charge in [0.15, 0.2) is 0 Å². The Morgan fingerprint density at radius 2 is 1.84 bits per heavy atom. The monoisotopic (exact) mass is 256 g/mol. The Morgan fingerprint density at radius 1 is 1.11 bits per heavy atom. The number of nitrogens with zero attached hydrogens (tertiary/aromatic N) is 2. The molecule has 0 saturated heterocycles. The summed E-state index contributed by atoms with van der Waals surface area (Å²) in [6.07, 6.45) is 0. The fourth-order valence-corrected chi connectivity index (χ4v) is 1.90. The average molecular weight is 256 g/mol. The molecule has 0 spiro atoms. The van der Waals surface area contributed by atoms with Crippen LogP contribution in [0.1, 0.15) is 27.4 Å². The predicted molar refractivity (Wildman–Crippen MR) is 73.0 cm³/mol.